The highest BCUT2D eigenvalue weighted by molar-refractivity contribution is 5.87. The number of ether oxygens (including phenoxy) is 2. The summed E-state index contributed by atoms with van der Waals surface area (Å²) in [5, 5.41) is 5.36. The number of hydrogen-bond donors (Lipinski definition) is 4. The smallest absolute Gasteiger partial charge is 0.407 e. The first-order valence-electron chi connectivity index (χ1n) is 18.6. The zero-order chi connectivity index (χ0) is 38.5. The molecule has 2 fully saturated rings. The number of carbonyl (C=O) groups is 4. The number of aromatic nitrogens is 4. The number of amides is 4. The first kappa shape index (κ1) is 38.1. The zero-order valence-corrected chi connectivity index (χ0v) is 31.7. The van der Waals surface area contributed by atoms with Crippen molar-refractivity contribution in [2.24, 2.45) is 11.8 Å². The van der Waals surface area contributed by atoms with Crippen LogP contribution in [-0.2, 0) is 19.1 Å². The van der Waals surface area contributed by atoms with Crippen LogP contribution in [0.3, 0.4) is 0 Å². The van der Waals surface area contributed by atoms with Gasteiger partial charge in [0, 0.05) is 25.6 Å². The predicted molar refractivity (Wildman–Crippen MR) is 203 cm³/mol. The van der Waals surface area contributed by atoms with Gasteiger partial charge in [0.15, 0.2) is 0 Å². The van der Waals surface area contributed by atoms with Crippen LogP contribution in [0.2, 0.25) is 0 Å². The summed E-state index contributed by atoms with van der Waals surface area (Å²) in [5.41, 5.74) is 5.89. The first-order valence-corrected chi connectivity index (χ1v) is 18.6. The maximum absolute atomic E-state index is 13.5. The molecule has 2 aromatic carbocycles. The largest absolute Gasteiger partial charge is 0.453 e. The van der Waals surface area contributed by atoms with Crippen LogP contribution >= 0.6 is 0 Å². The molecule has 4 N–H and O–H groups in total. The van der Waals surface area contributed by atoms with E-state index in [0.29, 0.717) is 19.6 Å². The fourth-order valence-corrected chi connectivity index (χ4v) is 7.30. The lowest BCUT2D eigenvalue weighted by atomic mass is 10.0. The van der Waals surface area contributed by atoms with Crippen LogP contribution in [0.15, 0.2) is 60.9 Å². The molecular formula is C40H50N8O6. The highest BCUT2D eigenvalue weighted by atomic mass is 16.5. The van der Waals surface area contributed by atoms with E-state index in [9.17, 15) is 19.2 Å². The van der Waals surface area contributed by atoms with Gasteiger partial charge in [0.05, 0.1) is 44.0 Å². The Bertz CT molecular complexity index is 1940. The van der Waals surface area contributed by atoms with Gasteiger partial charge in [-0.05, 0) is 53.4 Å². The van der Waals surface area contributed by atoms with E-state index in [2.05, 4.69) is 79.1 Å². The van der Waals surface area contributed by atoms with Gasteiger partial charge in [-0.2, -0.15) is 0 Å². The van der Waals surface area contributed by atoms with E-state index in [4.69, 9.17) is 9.47 Å². The van der Waals surface area contributed by atoms with Crippen LogP contribution in [-0.4, -0.2) is 99.7 Å². The average molecular weight is 739 g/mol. The summed E-state index contributed by atoms with van der Waals surface area (Å²) in [6.07, 6.45) is 4.82. The van der Waals surface area contributed by atoms with Crippen LogP contribution in [0.25, 0.3) is 33.6 Å². The molecule has 0 spiro atoms. The predicted octanol–water partition coefficient (Wildman–Crippen LogP) is 5.87. The van der Waals surface area contributed by atoms with E-state index in [-0.39, 0.29) is 35.6 Å². The van der Waals surface area contributed by atoms with Gasteiger partial charge in [-0.15, -0.1) is 0 Å². The fraction of sp³-hybridized carbons (Fsp3) is 0.450. The molecule has 2 aliphatic heterocycles. The lowest BCUT2D eigenvalue weighted by molar-refractivity contribution is -0.135. The molecule has 2 saturated heterocycles. The summed E-state index contributed by atoms with van der Waals surface area (Å²) in [7, 11) is 2.58. The van der Waals surface area contributed by atoms with Crippen molar-refractivity contribution in [1.82, 2.24) is 40.4 Å². The third-order valence-corrected chi connectivity index (χ3v) is 10.4. The Hall–Kier alpha value is -5.66. The normalized spacial score (nSPS) is 18.1. The van der Waals surface area contributed by atoms with Gasteiger partial charge in [-0.1, -0.05) is 76.2 Å². The molecule has 6 rings (SSSR count). The molecule has 14 nitrogen and oxygen atoms in total. The quantitative estimate of drug-likeness (QED) is 0.148. The van der Waals surface area contributed by atoms with E-state index >= 15 is 0 Å². The van der Waals surface area contributed by atoms with Gasteiger partial charge in [-0.25, -0.2) is 19.6 Å². The molecule has 4 unspecified atom stereocenters. The topological polar surface area (TPSA) is 175 Å². The number of aromatic amines is 2. The van der Waals surface area contributed by atoms with Gasteiger partial charge in [0.2, 0.25) is 11.8 Å². The number of alkyl carbamates (subject to hydrolysis) is 2. The summed E-state index contributed by atoms with van der Waals surface area (Å²) >= 11 is 0. The third kappa shape index (κ3) is 8.27. The van der Waals surface area contributed by atoms with Crippen molar-refractivity contribution in [3.63, 3.8) is 0 Å². The Morgan fingerprint density at radius 1 is 0.685 bits per heavy atom. The third-order valence-electron chi connectivity index (χ3n) is 10.4. The molecule has 14 heteroatoms. The van der Waals surface area contributed by atoms with Crippen molar-refractivity contribution >= 4 is 24.0 Å². The summed E-state index contributed by atoms with van der Waals surface area (Å²) in [6.45, 7) is 9.32. The van der Waals surface area contributed by atoms with E-state index < -0.39 is 24.3 Å². The number of methoxy groups -OCH3 is 2. The van der Waals surface area contributed by atoms with Crippen molar-refractivity contribution < 1.29 is 28.7 Å². The molecular weight excluding hydrogens is 688 g/mol. The molecule has 4 atom stereocenters. The van der Waals surface area contributed by atoms with Gasteiger partial charge < -0.3 is 39.9 Å². The minimum Gasteiger partial charge on any atom is -0.453 e. The van der Waals surface area contributed by atoms with Gasteiger partial charge in [0.1, 0.15) is 23.7 Å². The Labute approximate surface area is 315 Å². The number of likely N-dealkylation sites (tertiary alicyclic amines) is 2. The second kappa shape index (κ2) is 16.6. The Morgan fingerprint density at radius 2 is 1.17 bits per heavy atom. The van der Waals surface area contributed by atoms with E-state index in [1.54, 1.807) is 11.1 Å². The Morgan fingerprint density at radius 3 is 1.69 bits per heavy atom. The number of nitrogens with zero attached hydrogens (tertiary/aromatic N) is 4. The zero-order valence-electron chi connectivity index (χ0n) is 31.7. The van der Waals surface area contributed by atoms with E-state index in [1.807, 2.05) is 38.8 Å². The van der Waals surface area contributed by atoms with Gasteiger partial charge >= 0.3 is 12.2 Å². The summed E-state index contributed by atoms with van der Waals surface area (Å²) in [5.74, 6) is 1.21. The minimum absolute atomic E-state index is 0.0736. The van der Waals surface area contributed by atoms with Crippen LogP contribution in [0.5, 0.6) is 0 Å². The lowest BCUT2D eigenvalue weighted by Crippen LogP contribution is -2.51. The second-order valence-corrected chi connectivity index (χ2v) is 14.7. The number of nitrogens with one attached hydrogen (secondary N) is 4. The van der Waals surface area contributed by atoms with Crippen molar-refractivity contribution in [2.75, 3.05) is 33.9 Å². The maximum Gasteiger partial charge on any atom is 0.407 e. The summed E-state index contributed by atoms with van der Waals surface area (Å²) < 4.78 is 9.47. The highest BCUT2D eigenvalue weighted by Crippen LogP contribution is 2.34. The molecule has 0 bridgehead atoms. The lowest BCUT2D eigenvalue weighted by Gasteiger charge is -2.30. The number of rotatable bonds is 11. The molecule has 2 aromatic heterocycles. The average Bonchev–Trinajstić information content (AvgIpc) is 4.02. The molecule has 0 radical (unpaired) electrons. The van der Waals surface area contributed by atoms with Crippen molar-refractivity contribution in [2.45, 2.75) is 71.0 Å². The fourth-order valence-electron chi connectivity index (χ4n) is 7.30. The van der Waals surface area contributed by atoms with Crippen LogP contribution in [0.1, 0.15) is 70.6 Å². The highest BCUT2D eigenvalue weighted by Gasteiger charge is 2.38. The number of hydrogen-bond acceptors (Lipinski definition) is 8. The first-order chi connectivity index (χ1) is 26.0. The second-order valence-electron chi connectivity index (χ2n) is 14.7. The molecule has 4 heterocycles. The van der Waals surface area contributed by atoms with Crippen molar-refractivity contribution in [3.05, 3.63) is 72.6 Å². The van der Waals surface area contributed by atoms with E-state index in [1.165, 1.54) is 14.2 Å². The summed E-state index contributed by atoms with van der Waals surface area (Å²) in [4.78, 5) is 70.3. The monoisotopic (exact) mass is 738 g/mol. The number of carbonyl (C=O) groups excluding carboxylic acids is 4. The van der Waals surface area contributed by atoms with Gasteiger partial charge in [-0.3, -0.25) is 9.59 Å². The number of benzene rings is 2. The molecule has 2 aliphatic rings. The molecule has 4 amide bonds. The molecule has 54 heavy (non-hydrogen) atoms. The number of H-pyrrole nitrogens is 2. The molecule has 0 aliphatic carbocycles. The van der Waals surface area contributed by atoms with Crippen LogP contribution < -0.4 is 10.6 Å². The molecule has 0 saturated carbocycles. The summed E-state index contributed by atoms with van der Waals surface area (Å²) in [6, 6.07) is 15.0. The molecule has 286 valence electrons. The standard InChI is InChI=1S/C40H50N8O6/c1-23(2)33(45-39(51)53-5)37(49)47-19-17-29(22-47)35-41-20-30(43-35)27-13-9-25(10-14-27)26-11-15-28(16-12-26)31-21-42-36(44-31)32-8-7-18-48(32)38(50)34(24(3)4)46-40(52)54-6/h9-16,20-21,23-24,29,32-34H,7-8,17-19,22H2,1-6H3,(H,41,43)(H,42,44)(H,45,51)(H,46,52). The Kier molecular flexibility index (Phi) is 11.7. The molecule has 4 aromatic rings. The maximum atomic E-state index is 13.5. The van der Waals surface area contributed by atoms with E-state index in [0.717, 1.165) is 64.6 Å². The van der Waals surface area contributed by atoms with Crippen molar-refractivity contribution in [3.8, 4) is 33.6 Å². The number of imidazole rings is 2. The van der Waals surface area contributed by atoms with Crippen LogP contribution in [0, 0.1) is 11.8 Å². The van der Waals surface area contributed by atoms with Gasteiger partial charge in [0.25, 0.3) is 0 Å². The minimum atomic E-state index is -0.684. The SMILES string of the molecule is COC(=O)NC(C(=O)N1CCC(c2ncc(-c3ccc(-c4ccc(-c5cnc(C6CCCN6C(=O)C(NC(=O)OC)C(C)C)[nH]5)cc4)cc3)[nH]2)C1)C(C)C. The van der Waals surface area contributed by atoms with Crippen LogP contribution in [0.4, 0.5) is 9.59 Å². The Balaban J connectivity index is 1.07. The van der Waals surface area contributed by atoms with Crippen molar-refractivity contribution in [1.29, 1.82) is 0 Å².